The highest BCUT2D eigenvalue weighted by Crippen LogP contribution is 2.26. The molecular formula is C27H37N5O5. The van der Waals surface area contributed by atoms with Gasteiger partial charge in [-0.3, -0.25) is 4.79 Å². The number of nitrogens with zero attached hydrogens (tertiary/aromatic N) is 2. The highest BCUT2D eigenvalue weighted by atomic mass is 16.5. The number of aromatic amines is 1. The fraction of sp³-hybridized carbons (Fsp3) is 0.519. The van der Waals surface area contributed by atoms with Crippen molar-refractivity contribution in [2.75, 3.05) is 20.3 Å². The fourth-order valence-corrected chi connectivity index (χ4v) is 4.52. The van der Waals surface area contributed by atoms with Gasteiger partial charge in [0.05, 0.1) is 42.4 Å². The van der Waals surface area contributed by atoms with Crippen molar-refractivity contribution in [1.82, 2.24) is 25.2 Å². The Hall–Kier alpha value is -3.37. The molecule has 1 saturated carbocycles. The average Bonchev–Trinajstić information content (AvgIpc) is 3.52. The van der Waals surface area contributed by atoms with Crippen molar-refractivity contribution in [2.45, 2.75) is 70.7 Å². The predicted octanol–water partition coefficient (Wildman–Crippen LogP) is 4.08. The summed E-state index contributed by atoms with van der Waals surface area (Å²) in [6, 6.07) is 5.82. The Morgan fingerprint density at radius 1 is 1.14 bits per heavy atom. The van der Waals surface area contributed by atoms with Crippen molar-refractivity contribution in [3.63, 3.8) is 0 Å². The molecule has 0 unspecified atom stereocenters. The second-order valence-electron chi connectivity index (χ2n) is 10.5. The van der Waals surface area contributed by atoms with Crippen molar-refractivity contribution >= 4 is 22.9 Å². The van der Waals surface area contributed by atoms with E-state index in [9.17, 15) is 9.59 Å². The minimum atomic E-state index is -0.495. The fourth-order valence-electron chi connectivity index (χ4n) is 4.52. The number of H-pyrrole nitrogens is 1. The van der Waals surface area contributed by atoms with Crippen LogP contribution in [0.25, 0.3) is 16.6 Å². The van der Waals surface area contributed by atoms with Crippen molar-refractivity contribution in [2.24, 2.45) is 0 Å². The Kier molecular flexibility index (Phi) is 8.50. The second kappa shape index (κ2) is 11.8. The van der Waals surface area contributed by atoms with E-state index in [4.69, 9.17) is 14.2 Å². The highest BCUT2D eigenvalue weighted by Gasteiger charge is 2.25. The van der Waals surface area contributed by atoms with Crippen LogP contribution in [-0.2, 0) is 20.8 Å². The third kappa shape index (κ3) is 7.33. The standard InChI is InChI=1S/C27H37N5O5/c1-27(2,3)31-26(34)37-16-20-13-18-14-21(32-10-9-28-17-32)15-23(24(18)29-20)25(33)30-19-5-7-22(8-6-19)36-12-11-35-4/h9-10,13-15,17,19,22,29H,5-8,11-12,16H2,1-4H3,(H,30,33)(H,31,34). The number of imidazole rings is 1. The number of benzene rings is 1. The number of aromatic nitrogens is 3. The molecule has 2 heterocycles. The summed E-state index contributed by atoms with van der Waals surface area (Å²) < 4.78 is 18.2. The molecule has 10 heteroatoms. The molecule has 10 nitrogen and oxygen atoms in total. The summed E-state index contributed by atoms with van der Waals surface area (Å²) >= 11 is 0. The van der Waals surface area contributed by atoms with E-state index in [1.165, 1.54) is 0 Å². The molecular weight excluding hydrogens is 474 g/mol. The molecule has 0 saturated heterocycles. The molecule has 0 spiro atoms. The molecule has 0 radical (unpaired) electrons. The number of alkyl carbamates (subject to hydrolysis) is 1. The van der Waals surface area contributed by atoms with Crippen LogP contribution >= 0.6 is 0 Å². The maximum atomic E-state index is 13.5. The summed E-state index contributed by atoms with van der Waals surface area (Å²) in [4.78, 5) is 33.0. The molecule has 1 fully saturated rings. The number of hydrogen-bond acceptors (Lipinski definition) is 6. The Morgan fingerprint density at radius 3 is 2.59 bits per heavy atom. The Bertz CT molecular complexity index is 1190. The Morgan fingerprint density at radius 2 is 1.92 bits per heavy atom. The molecule has 0 aliphatic heterocycles. The van der Waals surface area contributed by atoms with Crippen molar-refractivity contribution < 1.29 is 23.8 Å². The van der Waals surface area contributed by atoms with Crippen LogP contribution in [0.3, 0.4) is 0 Å². The minimum Gasteiger partial charge on any atom is -0.443 e. The summed E-state index contributed by atoms with van der Waals surface area (Å²) in [7, 11) is 1.67. The van der Waals surface area contributed by atoms with Gasteiger partial charge in [-0.1, -0.05) is 0 Å². The smallest absolute Gasteiger partial charge is 0.407 e. The van der Waals surface area contributed by atoms with Crippen LogP contribution < -0.4 is 10.6 Å². The van der Waals surface area contributed by atoms with E-state index in [1.54, 1.807) is 19.6 Å². The zero-order valence-electron chi connectivity index (χ0n) is 22.0. The molecule has 0 bridgehead atoms. The van der Waals surface area contributed by atoms with Gasteiger partial charge < -0.3 is 34.4 Å². The summed E-state index contributed by atoms with van der Waals surface area (Å²) in [6.45, 7) is 6.91. The van der Waals surface area contributed by atoms with Gasteiger partial charge in [0.25, 0.3) is 5.91 Å². The van der Waals surface area contributed by atoms with E-state index in [1.807, 2.05) is 49.7 Å². The van der Waals surface area contributed by atoms with Gasteiger partial charge in [0.15, 0.2) is 0 Å². The zero-order chi connectivity index (χ0) is 26.4. The van der Waals surface area contributed by atoms with E-state index in [0.717, 1.165) is 36.8 Å². The van der Waals surface area contributed by atoms with Crippen LogP contribution in [-0.4, -0.2) is 64.5 Å². The molecule has 0 atom stereocenters. The lowest BCUT2D eigenvalue weighted by Crippen LogP contribution is -2.40. The first-order valence-electron chi connectivity index (χ1n) is 12.7. The van der Waals surface area contributed by atoms with Crippen LogP contribution in [0.5, 0.6) is 0 Å². The molecule has 3 aromatic rings. The van der Waals surface area contributed by atoms with E-state index < -0.39 is 11.6 Å². The second-order valence-corrected chi connectivity index (χ2v) is 10.5. The molecule has 3 N–H and O–H groups in total. The van der Waals surface area contributed by atoms with Crippen LogP contribution in [0, 0.1) is 0 Å². The van der Waals surface area contributed by atoms with Crippen molar-refractivity contribution in [3.05, 3.63) is 48.2 Å². The van der Waals surface area contributed by atoms with Gasteiger partial charge in [0.2, 0.25) is 0 Å². The number of hydrogen-bond donors (Lipinski definition) is 3. The monoisotopic (exact) mass is 511 g/mol. The number of fused-ring (bicyclic) bond motifs is 1. The van der Waals surface area contributed by atoms with Gasteiger partial charge in [-0.25, -0.2) is 9.78 Å². The molecule has 2 amide bonds. The Labute approximate surface area is 217 Å². The summed E-state index contributed by atoms with van der Waals surface area (Å²) in [6.07, 6.45) is 8.47. The summed E-state index contributed by atoms with van der Waals surface area (Å²) in [5.41, 5.74) is 2.36. The number of carbonyl (C=O) groups excluding carboxylic acids is 2. The number of methoxy groups -OCH3 is 1. The average molecular weight is 512 g/mol. The van der Waals surface area contributed by atoms with Crippen LogP contribution in [0.1, 0.15) is 62.5 Å². The van der Waals surface area contributed by atoms with Gasteiger partial charge in [-0.2, -0.15) is 0 Å². The number of rotatable bonds is 9. The SMILES string of the molecule is COCCOC1CCC(NC(=O)c2cc(-n3ccnc3)cc3cc(COC(=O)NC(C)(C)C)[nH]c23)CC1. The maximum absolute atomic E-state index is 13.5. The first kappa shape index (κ1) is 26.7. The molecule has 200 valence electrons. The van der Waals surface area contributed by atoms with Crippen LogP contribution in [0.15, 0.2) is 36.9 Å². The lowest BCUT2D eigenvalue weighted by atomic mass is 9.92. The van der Waals surface area contributed by atoms with E-state index >= 15 is 0 Å². The molecule has 1 aliphatic rings. The van der Waals surface area contributed by atoms with E-state index in [0.29, 0.717) is 30.0 Å². The number of nitrogens with one attached hydrogen (secondary N) is 3. The molecule has 1 aromatic carbocycles. The quantitative estimate of drug-likeness (QED) is 0.373. The van der Waals surface area contributed by atoms with Gasteiger partial charge in [0.1, 0.15) is 6.61 Å². The summed E-state index contributed by atoms with van der Waals surface area (Å²) in [5, 5.41) is 6.84. The third-order valence-corrected chi connectivity index (χ3v) is 6.30. The largest absolute Gasteiger partial charge is 0.443 e. The number of carbonyl (C=O) groups is 2. The Balaban J connectivity index is 1.49. The van der Waals surface area contributed by atoms with Gasteiger partial charge in [-0.05, 0) is 64.7 Å². The van der Waals surface area contributed by atoms with Gasteiger partial charge >= 0.3 is 6.09 Å². The lowest BCUT2D eigenvalue weighted by Gasteiger charge is -2.29. The number of ether oxygens (including phenoxy) is 3. The highest BCUT2D eigenvalue weighted by molar-refractivity contribution is 6.07. The normalized spacial score (nSPS) is 18.1. The van der Waals surface area contributed by atoms with Crippen molar-refractivity contribution in [1.29, 1.82) is 0 Å². The molecule has 2 aromatic heterocycles. The minimum absolute atomic E-state index is 0.0607. The zero-order valence-corrected chi connectivity index (χ0v) is 22.0. The first-order valence-corrected chi connectivity index (χ1v) is 12.7. The third-order valence-electron chi connectivity index (χ3n) is 6.30. The van der Waals surface area contributed by atoms with Crippen LogP contribution in [0.4, 0.5) is 4.79 Å². The molecule has 37 heavy (non-hydrogen) atoms. The lowest BCUT2D eigenvalue weighted by molar-refractivity contribution is -0.00408. The van der Waals surface area contributed by atoms with E-state index in [-0.39, 0.29) is 24.7 Å². The van der Waals surface area contributed by atoms with Gasteiger partial charge in [0, 0.05) is 42.2 Å². The van der Waals surface area contributed by atoms with E-state index in [2.05, 4.69) is 20.6 Å². The van der Waals surface area contributed by atoms with Crippen molar-refractivity contribution in [3.8, 4) is 5.69 Å². The van der Waals surface area contributed by atoms with Crippen LogP contribution in [0.2, 0.25) is 0 Å². The first-order chi connectivity index (χ1) is 17.7. The maximum Gasteiger partial charge on any atom is 0.407 e. The molecule has 1 aliphatic carbocycles. The summed E-state index contributed by atoms with van der Waals surface area (Å²) in [5.74, 6) is -0.143. The predicted molar refractivity (Wildman–Crippen MR) is 140 cm³/mol. The van der Waals surface area contributed by atoms with Gasteiger partial charge in [-0.15, -0.1) is 0 Å². The topological polar surface area (TPSA) is 120 Å². The molecule has 4 rings (SSSR count). The number of amides is 2.